The van der Waals surface area contributed by atoms with E-state index in [-0.39, 0.29) is 29.5 Å². The van der Waals surface area contributed by atoms with E-state index in [1.54, 1.807) is 4.57 Å². The van der Waals surface area contributed by atoms with Crippen molar-refractivity contribution < 1.29 is 9.59 Å². The van der Waals surface area contributed by atoms with Gasteiger partial charge in [-0.1, -0.05) is 55.4 Å². The van der Waals surface area contributed by atoms with Gasteiger partial charge in [-0.2, -0.15) is 0 Å². The molecule has 1 aromatic heterocycles. The van der Waals surface area contributed by atoms with Gasteiger partial charge in [0.1, 0.15) is 5.82 Å². The summed E-state index contributed by atoms with van der Waals surface area (Å²) in [6.07, 6.45) is 2.53. The first-order valence-electron chi connectivity index (χ1n) is 9.10. The van der Waals surface area contributed by atoms with Gasteiger partial charge in [0, 0.05) is 19.9 Å². The van der Waals surface area contributed by atoms with Gasteiger partial charge < -0.3 is 15.6 Å². The van der Waals surface area contributed by atoms with Crippen LogP contribution >= 0.6 is 11.8 Å². The number of benzene rings is 1. The minimum atomic E-state index is -0.372. The maximum Gasteiger partial charge on any atom is 0.233 e. The molecule has 2 aromatic rings. The summed E-state index contributed by atoms with van der Waals surface area (Å²) in [6.45, 7) is 3.96. The van der Waals surface area contributed by atoms with Crippen molar-refractivity contribution in [3.8, 4) is 0 Å². The molecule has 0 aliphatic rings. The Labute approximate surface area is 164 Å². The molecule has 0 spiro atoms. The molecule has 2 rings (SSSR count). The fourth-order valence-electron chi connectivity index (χ4n) is 2.70. The second-order valence-electron chi connectivity index (χ2n) is 6.44. The molecule has 0 saturated heterocycles. The number of rotatable bonds is 10. The fraction of sp³-hybridized carbons (Fsp3) is 0.474. The van der Waals surface area contributed by atoms with Crippen LogP contribution in [0.4, 0.5) is 0 Å². The molecule has 0 aliphatic heterocycles. The number of amides is 2. The summed E-state index contributed by atoms with van der Waals surface area (Å²) in [5.74, 6) is 0.267. The van der Waals surface area contributed by atoms with Crippen LogP contribution in [-0.4, -0.2) is 31.8 Å². The maximum atomic E-state index is 12.7. The average Bonchev–Trinajstić information content (AvgIpc) is 3.00. The average molecular weight is 390 g/mol. The minimum absolute atomic E-state index is 0.00243. The number of hydrogen-bond acceptors (Lipinski definition) is 5. The molecular weight excluding hydrogens is 362 g/mol. The first-order valence-corrected chi connectivity index (χ1v) is 9.98. The second-order valence-corrected chi connectivity index (χ2v) is 7.75. The van der Waals surface area contributed by atoms with Crippen molar-refractivity contribution in [1.82, 2.24) is 20.1 Å². The van der Waals surface area contributed by atoms with Crippen LogP contribution in [0.5, 0.6) is 0 Å². The third-order valence-electron chi connectivity index (χ3n) is 4.27. The van der Waals surface area contributed by atoms with Gasteiger partial charge in [0.15, 0.2) is 5.16 Å². The van der Waals surface area contributed by atoms with Crippen LogP contribution in [0.2, 0.25) is 0 Å². The van der Waals surface area contributed by atoms with Gasteiger partial charge in [-0.05, 0) is 18.9 Å². The molecule has 8 heteroatoms. The van der Waals surface area contributed by atoms with E-state index in [2.05, 4.69) is 22.4 Å². The number of thioether (sulfide) groups is 1. The Kier molecular flexibility index (Phi) is 7.84. The lowest BCUT2D eigenvalue weighted by molar-refractivity contribution is -0.121. The molecule has 27 heavy (non-hydrogen) atoms. The van der Waals surface area contributed by atoms with Gasteiger partial charge in [0.2, 0.25) is 11.8 Å². The number of aromatic nitrogens is 3. The number of primary amides is 1. The summed E-state index contributed by atoms with van der Waals surface area (Å²) in [7, 11) is 1.83. The van der Waals surface area contributed by atoms with E-state index in [4.69, 9.17) is 5.73 Å². The van der Waals surface area contributed by atoms with Crippen LogP contribution in [0.15, 0.2) is 35.5 Å². The van der Waals surface area contributed by atoms with E-state index in [9.17, 15) is 9.59 Å². The third-order valence-corrected chi connectivity index (χ3v) is 5.40. The lowest BCUT2D eigenvalue weighted by atomic mass is 10.0. The Hall–Kier alpha value is -2.35. The Morgan fingerprint density at radius 1 is 1.26 bits per heavy atom. The largest absolute Gasteiger partial charge is 0.370 e. The van der Waals surface area contributed by atoms with E-state index in [1.807, 2.05) is 44.3 Å². The van der Waals surface area contributed by atoms with Crippen LogP contribution in [0.25, 0.3) is 0 Å². The number of carbonyl (C=O) groups excluding carboxylic acids is 2. The molecule has 0 aliphatic carbocycles. The monoisotopic (exact) mass is 389 g/mol. The van der Waals surface area contributed by atoms with Gasteiger partial charge in [-0.3, -0.25) is 9.59 Å². The van der Waals surface area contributed by atoms with E-state index in [0.29, 0.717) is 17.4 Å². The van der Waals surface area contributed by atoms with Crippen LogP contribution in [-0.2, 0) is 23.1 Å². The summed E-state index contributed by atoms with van der Waals surface area (Å²) < 4.78 is 1.80. The molecule has 0 saturated carbocycles. The summed E-state index contributed by atoms with van der Waals surface area (Å²) >= 11 is 1.35. The quantitative estimate of drug-likeness (QED) is 0.607. The second kappa shape index (κ2) is 10.1. The zero-order chi connectivity index (χ0) is 19.8. The first kappa shape index (κ1) is 21.0. The van der Waals surface area contributed by atoms with E-state index in [0.717, 1.165) is 18.4 Å². The number of hydrogen-bond donors (Lipinski definition) is 2. The van der Waals surface area contributed by atoms with Gasteiger partial charge in [-0.25, -0.2) is 0 Å². The highest BCUT2D eigenvalue weighted by atomic mass is 32.2. The zero-order valence-corrected chi connectivity index (χ0v) is 16.8. The third kappa shape index (κ3) is 6.09. The van der Waals surface area contributed by atoms with Gasteiger partial charge in [0.05, 0.1) is 11.3 Å². The Balaban J connectivity index is 1.99. The van der Waals surface area contributed by atoms with Crippen LogP contribution < -0.4 is 11.1 Å². The molecular formula is C19H27N5O2S. The minimum Gasteiger partial charge on any atom is -0.370 e. The molecule has 3 N–H and O–H groups in total. The van der Waals surface area contributed by atoms with E-state index < -0.39 is 0 Å². The van der Waals surface area contributed by atoms with Crippen molar-refractivity contribution in [3.05, 3.63) is 41.7 Å². The lowest BCUT2D eigenvalue weighted by Gasteiger charge is -2.21. The van der Waals surface area contributed by atoms with Gasteiger partial charge in [-0.15, -0.1) is 10.2 Å². The molecule has 0 radical (unpaired) electrons. The molecule has 2 amide bonds. The predicted molar refractivity (Wildman–Crippen MR) is 106 cm³/mol. The van der Waals surface area contributed by atoms with Crippen LogP contribution in [0.1, 0.15) is 50.5 Å². The molecule has 1 heterocycles. The molecule has 0 unspecified atom stereocenters. The Morgan fingerprint density at radius 2 is 1.96 bits per heavy atom. The number of nitrogens with two attached hydrogens (primary N) is 1. The van der Waals surface area contributed by atoms with E-state index >= 15 is 0 Å². The molecule has 2 atom stereocenters. The van der Waals surface area contributed by atoms with Crippen molar-refractivity contribution >= 4 is 23.6 Å². The topological polar surface area (TPSA) is 103 Å². The van der Waals surface area contributed by atoms with Crippen molar-refractivity contribution in [2.45, 2.75) is 56.0 Å². The Morgan fingerprint density at radius 3 is 2.59 bits per heavy atom. The first-order chi connectivity index (χ1) is 12.9. The summed E-state index contributed by atoms with van der Waals surface area (Å²) in [5.41, 5.74) is 6.29. The van der Waals surface area contributed by atoms with Crippen molar-refractivity contribution in [2.24, 2.45) is 12.8 Å². The number of nitrogens with one attached hydrogen (secondary N) is 1. The lowest BCUT2D eigenvalue weighted by Crippen LogP contribution is -2.34. The van der Waals surface area contributed by atoms with Crippen molar-refractivity contribution in [3.63, 3.8) is 0 Å². The van der Waals surface area contributed by atoms with Crippen LogP contribution in [0, 0.1) is 0 Å². The van der Waals surface area contributed by atoms with Gasteiger partial charge >= 0.3 is 0 Å². The van der Waals surface area contributed by atoms with Crippen molar-refractivity contribution in [2.75, 3.05) is 0 Å². The summed E-state index contributed by atoms with van der Waals surface area (Å²) in [5, 5.41) is 11.7. The van der Waals surface area contributed by atoms with E-state index in [1.165, 1.54) is 11.8 Å². The van der Waals surface area contributed by atoms with Crippen LogP contribution in [0.3, 0.4) is 0 Å². The SMILES string of the molecule is CCC[C@@H](NC(=O)[C@@H](C)Sc1nnc(CCC(N)=O)n1C)c1ccccc1. The van der Waals surface area contributed by atoms with Crippen molar-refractivity contribution in [1.29, 1.82) is 0 Å². The smallest absolute Gasteiger partial charge is 0.233 e. The standard InChI is InChI=1S/C19H27N5O2S/c1-4-8-15(14-9-6-5-7-10-14)21-18(26)13(2)27-19-23-22-17(24(19)3)12-11-16(20)25/h5-7,9-10,13,15H,4,8,11-12H2,1-3H3,(H2,20,25)(H,21,26)/t13-,15-/m1/s1. The maximum absolute atomic E-state index is 12.7. The number of aryl methyl sites for hydroxylation is 1. The molecule has 7 nitrogen and oxygen atoms in total. The van der Waals surface area contributed by atoms with Gasteiger partial charge in [0.25, 0.3) is 0 Å². The highest BCUT2D eigenvalue weighted by molar-refractivity contribution is 8.00. The highest BCUT2D eigenvalue weighted by Gasteiger charge is 2.22. The highest BCUT2D eigenvalue weighted by Crippen LogP contribution is 2.24. The molecule has 1 aromatic carbocycles. The number of nitrogens with zero attached hydrogens (tertiary/aromatic N) is 3. The fourth-order valence-corrected chi connectivity index (χ4v) is 3.54. The predicted octanol–water partition coefficient (Wildman–Crippen LogP) is 2.37. The zero-order valence-electron chi connectivity index (χ0n) is 16.0. The molecule has 0 fully saturated rings. The molecule has 146 valence electrons. The Bertz CT molecular complexity index is 763. The summed E-state index contributed by atoms with van der Waals surface area (Å²) in [6, 6.07) is 10.00. The molecule has 0 bridgehead atoms. The normalized spacial score (nSPS) is 13.1. The number of carbonyl (C=O) groups is 2. The summed E-state index contributed by atoms with van der Waals surface area (Å²) in [4.78, 5) is 23.6.